The molecule has 1 saturated heterocycles. The van der Waals surface area contributed by atoms with E-state index in [1.807, 2.05) is 0 Å². The minimum atomic E-state index is -0.567. The van der Waals surface area contributed by atoms with Crippen LogP contribution in [-0.4, -0.2) is 36.3 Å². The van der Waals surface area contributed by atoms with Gasteiger partial charge in [-0.1, -0.05) is 11.6 Å². The van der Waals surface area contributed by atoms with Crippen LogP contribution in [0.3, 0.4) is 0 Å². The largest absolute Gasteiger partial charge is 0.353 e. The lowest BCUT2D eigenvalue weighted by Gasteiger charge is -2.26. The number of hydrogen-bond donors (Lipinski definition) is 1. The molecule has 0 spiro atoms. The molecule has 1 fully saturated rings. The van der Waals surface area contributed by atoms with Crippen molar-refractivity contribution in [2.75, 3.05) is 19.6 Å². The van der Waals surface area contributed by atoms with Crippen LogP contribution in [0.15, 0.2) is 18.2 Å². The average Bonchev–Trinajstić information content (AvgIpc) is 2.26. The fourth-order valence-corrected chi connectivity index (χ4v) is 1.89. The van der Waals surface area contributed by atoms with Crippen LogP contribution in [0.25, 0.3) is 0 Å². The van der Waals surface area contributed by atoms with Crippen molar-refractivity contribution in [1.82, 2.24) is 10.2 Å². The molecule has 2 rings (SSSR count). The molecule has 1 heterocycles. The summed E-state index contributed by atoms with van der Waals surface area (Å²) in [5.74, 6) is -1.17. The summed E-state index contributed by atoms with van der Waals surface area (Å²) in [5, 5.41) is 2.77. The van der Waals surface area contributed by atoms with E-state index in [4.69, 9.17) is 11.6 Å². The van der Waals surface area contributed by atoms with Crippen molar-refractivity contribution in [2.45, 2.75) is 0 Å². The zero-order valence-corrected chi connectivity index (χ0v) is 9.63. The third kappa shape index (κ3) is 2.74. The highest BCUT2D eigenvalue weighted by Crippen LogP contribution is 2.16. The number of hydrogen-bond acceptors (Lipinski definition) is 2. The Balaban J connectivity index is 2.21. The number of piperazine rings is 1. The Kier molecular flexibility index (Phi) is 3.28. The van der Waals surface area contributed by atoms with Crippen LogP contribution < -0.4 is 5.32 Å². The zero-order valence-electron chi connectivity index (χ0n) is 8.87. The molecular weight excluding hydrogens is 247 g/mol. The Bertz CT molecular complexity index is 458. The Morgan fingerprint density at radius 2 is 2.18 bits per heavy atom. The summed E-state index contributed by atoms with van der Waals surface area (Å²) in [4.78, 5) is 24.5. The molecule has 0 bridgehead atoms. The van der Waals surface area contributed by atoms with Gasteiger partial charge < -0.3 is 10.2 Å². The van der Waals surface area contributed by atoms with Crippen molar-refractivity contribution in [1.29, 1.82) is 0 Å². The second-order valence-electron chi connectivity index (χ2n) is 3.73. The van der Waals surface area contributed by atoms with Crippen LogP contribution in [0.1, 0.15) is 10.4 Å². The molecule has 0 saturated carbocycles. The molecule has 0 radical (unpaired) electrons. The maximum Gasteiger partial charge on any atom is 0.254 e. The quantitative estimate of drug-likeness (QED) is 0.817. The Morgan fingerprint density at radius 3 is 2.82 bits per heavy atom. The molecule has 1 aliphatic rings. The number of carbonyl (C=O) groups excluding carboxylic acids is 2. The molecule has 1 N–H and O–H groups in total. The first kappa shape index (κ1) is 11.9. The Hall–Kier alpha value is -1.62. The molecule has 0 aliphatic carbocycles. The van der Waals surface area contributed by atoms with E-state index in [0.717, 1.165) is 12.1 Å². The van der Waals surface area contributed by atoms with Crippen LogP contribution in [0.5, 0.6) is 0 Å². The predicted octanol–water partition coefficient (Wildman–Crippen LogP) is 1.05. The molecule has 17 heavy (non-hydrogen) atoms. The molecule has 6 heteroatoms. The van der Waals surface area contributed by atoms with E-state index in [1.54, 1.807) is 0 Å². The maximum atomic E-state index is 13.1. The lowest BCUT2D eigenvalue weighted by atomic mass is 10.2. The van der Waals surface area contributed by atoms with Crippen molar-refractivity contribution >= 4 is 23.4 Å². The number of benzene rings is 1. The fourth-order valence-electron chi connectivity index (χ4n) is 1.67. The van der Waals surface area contributed by atoms with Crippen LogP contribution in [0.2, 0.25) is 5.02 Å². The van der Waals surface area contributed by atoms with Crippen LogP contribution >= 0.6 is 11.6 Å². The third-order valence-electron chi connectivity index (χ3n) is 2.44. The van der Waals surface area contributed by atoms with Gasteiger partial charge in [0.05, 0.1) is 6.54 Å². The summed E-state index contributed by atoms with van der Waals surface area (Å²) >= 11 is 5.67. The van der Waals surface area contributed by atoms with Crippen LogP contribution in [-0.2, 0) is 4.79 Å². The lowest BCUT2D eigenvalue weighted by Crippen LogP contribution is -2.49. The van der Waals surface area contributed by atoms with Crippen LogP contribution in [0.4, 0.5) is 4.39 Å². The molecule has 2 amide bonds. The Morgan fingerprint density at radius 1 is 1.41 bits per heavy atom. The minimum Gasteiger partial charge on any atom is -0.353 e. The van der Waals surface area contributed by atoms with E-state index in [0.29, 0.717) is 13.1 Å². The maximum absolute atomic E-state index is 13.1. The number of rotatable bonds is 1. The summed E-state index contributed by atoms with van der Waals surface area (Å²) in [6.45, 7) is 0.819. The highest BCUT2D eigenvalue weighted by atomic mass is 35.5. The van der Waals surface area contributed by atoms with Gasteiger partial charge in [0, 0.05) is 23.7 Å². The average molecular weight is 257 g/mol. The number of amides is 2. The van der Waals surface area contributed by atoms with Gasteiger partial charge in [-0.15, -0.1) is 0 Å². The number of nitrogens with zero attached hydrogens (tertiary/aromatic N) is 1. The van der Waals surface area contributed by atoms with E-state index in [2.05, 4.69) is 5.32 Å². The smallest absolute Gasteiger partial charge is 0.254 e. The van der Waals surface area contributed by atoms with E-state index in [1.165, 1.54) is 11.0 Å². The fraction of sp³-hybridized carbons (Fsp3) is 0.273. The normalized spacial score (nSPS) is 15.6. The lowest BCUT2D eigenvalue weighted by molar-refractivity contribution is -0.123. The molecule has 1 aromatic carbocycles. The van der Waals surface area contributed by atoms with Gasteiger partial charge in [0.25, 0.3) is 5.91 Å². The van der Waals surface area contributed by atoms with Crippen LogP contribution in [0, 0.1) is 5.82 Å². The number of carbonyl (C=O) groups is 2. The van der Waals surface area contributed by atoms with Gasteiger partial charge in [-0.3, -0.25) is 9.59 Å². The molecule has 1 aliphatic heterocycles. The summed E-state index contributed by atoms with van der Waals surface area (Å²) in [6, 6.07) is 3.63. The summed E-state index contributed by atoms with van der Waals surface area (Å²) in [7, 11) is 0. The molecule has 0 unspecified atom stereocenters. The van der Waals surface area contributed by atoms with Crippen molar-refractivity contribution in [3.63, 3.8) is 0 Å². The van der Waals surface area contributed by atoms with Gasteiger partial charge in [-0.2, -0.15) is 0 Å². The predicted molar refractivity (Wildman–Crippen MR) is 60.3 cm³/mol. The first-order chi connectivity index (χ1) is 8.06. The first-order valence-electron chi connectivity index (χ1n) is 5.08. The zero-order chi connectivity index (χ0) is 12.4. The van der Waals surface area contributed by atoms with Crippen molar-refractivity contribution < 1.29 is 14.0 Å². The second-order valence-corrected chi connectivity index (χ2v) is 4.17. The number of halogens is 2. The van der Waals surface area contributed by atoms with Gasteiger partial charge in [0.15, 0.2) is 0 Å². The van der Waals surface area contributed by atoms with E-state index in [-0.39, 0.29) is 28.9 Å². The summed E-state index contributed by atoms with van der Waals surface area (Å²) in [6.07, 6.45) is 0. The van der Waals surface area contributed by atoms with E-state index in [9.17, 15) is 14.0 Å². The van der Waals surface area contributed by atoms with Crippen molar-refractivity contribution in [2.24, 2.45) is 0 Å². The molecule has 1 aromatic rings. The monoisotopic (exact) mass is 256 g/mol. The molecule has 90 valence electrons. The summed E-state index contributed by atoms with van der Waals surface area (Å²) in [5.41, 5.74) is 0.157. The molecule has 0 aromatic heterocycles. The second kappa shape index (κ2) is 4.71. The minimum absolute atomic E-state index is 0.00698. The summed E-state index contributed by atoms with van der Waals surface area (Å²) < 4.78 is 13.1. The van der Waals surface area contributed by atoms with E-state index < -0.39 is 5.82 Å². The van der Waals surface area contributed by atoms with Gasteiger partial charge in [0.1, 0.15) is 5.82 Å². The van der Waals surface area contributed by atoms with Crippen molar-refractivity contribution in [3.8, 4) is 0 Å². The highest BCUT2D eigenvalue weighted by molar-refractivity contribution is 6.31. The van der Waals surface area contributed by atoms with Gasteiger partial charge in [-0.05, 0) is 18.2 Å². The topological polar surface area (TPSA) is 49.4 Å². The third-order valence-corrected chi connectivity index (χ3v) is 2.65. The Labute approximate surface area is 102 Å². The van der Waals surface area contributed by atoms with Crippen molar-refractivity contribution in [3.05, 3.63) is 34.6 Å². The number of nitrogens with one attached hydrogen (secondary N) is 1. The molecular formula is C11H10ClFN2O2. The van der Waals surface area contributed by atoms with Gasteiger partial charge in [0.2, 0.25) is 5.91 Å². The molecule has 0 atom stereocenters. The first-order valence-corrected chi connectivity index (χ1v) is 5.46. The highest BCUT2D eigenvalue weighted by Gasteiger charge is 2.22. The standard InChI is InChI=1S/C11H10ClFN2O2/c12-8-3-7(4-9(13)5-8)11(17)15-2-1-14-10(16)6-15/h3-5H,1-2,6H2,(H,14,16). The molecule has 4 nitrogen and oxygen atoms in total. The van der Waals surface area contributed by atoms with Gasteiger partial charge >= 0.3 is 0 Å². The van der Waals surface area contributed by atoms with E-state index >= 15 is 0 Å². The SMILES string of the molecule is O=C1CN(C(=O)c2cc(F)cc(Cl)c2)CCN1. The van der Waals surface area contributed by atoms with Gasteiger partial charge in [-0.25, -0.2) is 4.39 Å².